The van der Waals surface area contributed by atoms with Gasteiger partial charge in [-0.05, 0) is 42.7 Å². The first-order chi connectivity index (χ1) is 10.2. The minimum Gasteiger partial charge on any atom is -0.489 e. The first-order valence-corrected chi connectivity index (χ1v) is 7.34. The van der Waals surface area contributed by atoms with E-state index in [0.717, 1.165) is 41.0 Å². The van der Waals surface area contributed by atoms with Crippen LogP contribution in [-0.4, -0.2) is 10.9 Å². The summed E-state index contributed by atoms with van der Waals surface area (Å²) in [5.41, 5.74) is 3.71. The fourth-order valence-corrected chi connectivity index (χ4v) is 2.84. The maximum absolute atomic E-state index is 8.92. The van der Waals surface area contributed by atoms with E-state index in [2.05, 4.69) is 5.16 Å². The Bertz CT molecular complexity index is 713. The van der Waals surface area contributed by atoms with Gasteiger partial charge >= 0.3 is 0 Å². The normalized spacial score (nSPS) is 15.2. The van der Waals surface area contributed by atoms with Crippen molar-refractivity contribution in [3.63, 3.8) is 0 Å². The Balaban J connectivity index is 1.76. The molecule has 5 heteroatoms. The smallest absolute Gasteiger partial charge is 0.120 e. The van der Waals surface area contributed by atoms with Gasteiger partial charge in [0, 0.05) is 11.1 Å². The molecule has 0 fully saturated rings. The molecule has 1 N–H and O–H groups in total. The molecule has 0 aromatic heterocycles. The number of aryl methyl sites for hydroxylation is 1. The van der Waals surface area contributed by atoms with Crippen molar-refractivity contribution in [3.05, 3.63) is 63.1 Å². The number of hydrogen-bond donors (Lipinski definition) is 1. The lowest BCUT2D eigenvalue weighted by atomic mass is 10.1. The molecule has 0 radical (unpaired) electrons. The summed E-state index contributed by atoms with van der Waals surface area (Å²) in [6.45, 7) is 0.360. The lowest BCUT2D eigenvalue weighted by molar-refractivity contribution is 0.306. The Morgan fingerprint density at radius 3 is 2.81 bits per heavy atom. The van der Waals surface area contributed by atoms with Crippen LogP contribution < -0.4 is 4.74 Å². The van der Waals surface area contributed by atoms with Crippen molar-refractivity contribution in [2.24, 2.45) is 5.16 Å². The van der Waals surface area contributed by atoms with Gasteiger partial charge in [0.05, 0.1) is 15.8 Å². The molecule has 108 valence electrons. The number of benzene rings is 2. The molecule has 21 heavy (non-hydrogen) atoms. The summed E-state index contributed by atoms with van der Waals surface area (Å²) in [6, 6.07) is 11.3. The van der Waals surface area contributed by atoms with Gasteiger partial charge in [-0.3, -0.25) is 0 Å². The molecule has 3 nitrogen and oxygen atoms in total. The van der Waals surface area contributed by atoms with Crippen LogP contribution in [0.5, 0.6) is 5.75 Å². The number of rotatable bonds is 3. The summed E-state index contributed by atoms with van der Waals surface area (Å²) < 4.78 is 5.78. The highest BCUT2D eigenvalue weighted by Crippen LogP contribution is 2.29. The highest BCUT2D eigenvalue weighted by molar-refractivity contribution is 6.42. The van der Waals surface area contributed by atoms with Gasteiger partial charge < -0.3 is 9.94 Å². The molecule has 1 aliphatic rings. The Morgan fingerprint density at radius 2 is 2.00 bits per heavy atom. The van der Waals surface area contributed by atoms with E-state index < -0.39 is 0 Å². The lowest BCUT2D eigenvalue weighted by Crippen LogP contribution is -1.98. The third kappa shape index (κ3) is 2.85. The second-order valence-corrected chi connectivity index (χ2v) is 5.65. The Labute approximate surface area is 132 Å². The number of oxime groups is 1. The maximum Gasteiger partial charge on any atom is 0.120 e. The topological polar surface area (TPSA) is 41.8 Å². The van der Waals surface area contributed by atoms with Crippen LogP contribution in [0.25, 0.3) is 0 Å². The van der Waals surface area contributed by atoms with Crippen LogP contribution in [0.3, 0.4) is 0 Å². The lowest BCUT2D eigenvalue weighted by Gasteiger charge is -2.10. The van der Waals surface area contributed by atoms with E-state index in [1.54, 1.807) is 6.07 Å². The monoisotopic (exact) mass is 321 g/mol. The predicted octanol–water partition coefficient (Wildman–Crippen LogP) is 4.70. The molecule has 0 amide bonds. The highest BCUT2D eigenvalue weighted by Gasteiger charge is 2.18. The first-order valence-electron chi connectivity index (χ1n) is 6.59. The molecule has 0 bridgehead atoms. The number of halogens is 2. The molecule has 0 atom stereocenters. The van der Waals surface area contributed by atoms with Crippen molar-refractivity contribution in [1.82, 2.24) is 0 Å². The molecule has 0 unspecified atom stereocenters. The number of nitrogens with zero attached hydrogens (tertiary/aromatic N) is 1. The van der Waals surface area contributed by atoms with Gasteiger partial charge in [-0.1, -0.05) is 40.5 Å². The summed E-state index contributed by atoms with van der Waals surface area (Å²) in [5.74, 6) is 0.768. The zero-order valence-electron chi connectivity index (χ0n) is 11.1. The van der Waals surface area contributed by atoms with Crippen LogP contribution in [0, 0.1) is 0 Å². The fourth-order valence-electron chi connectivity index (χ4n) is 2.46. The fraction of sp³-hybridized carbons (Fsp3) is 0.188. The Morgan fingerprint density at radius 1 is 1.14 bits per heavy atom. The zero-order valence-corrected chi connectivity index (χ0v) is 12.7. The summed E-state index contributed by atoms with van der Waals surface area (Å²) >= 11 is 12.1. The predicted molar refractivity (Wildman–Crippen MR) is 83.9 cm³/mol. The van der Waals surface area contributed by atoms with E-state index in [1.165, 1.54) is 0 Å². The van der Waals surface area contributed by atoms with Crippen LogP contribution in [0.4, 0.5) is 0 Å². The van der Waals surface area contributed by atoms with Gasteiger partial charge in [0.1, 0.15) is 12.4 Å². The summed E-state index contributed by atoms with van der Waals surface area (Å²) in [6.07, 6.45) is 1.62. The second-order valence-electron chi connectivity index (χ2n) is 4.87. The van der Waals surface area contributed by atoms with E-state index in [-0.39, 0.29) is 0 Å². The highest BCUT2D eigenvalue weighted by atomic mass is 35.5. The molecular weight excluding hydrogens is 309 g/mol. The minimum absolute atomic E-state index is 0.360. The molecule has 0 spiro atoms. The van der Waals surface area contributed by atoms with Crippen LogP contribution in [-0.2, 0) is 13.0 Å². The molecule has 2 aromatic carbocycles. The van der Waals surface area contributed by atoms with Crippen LogP contribution in [0.15, 0.2) is 41.6 Å². The third-order valence-electron chi connectivity index (χ3n) is 3.57. The average Bonchev–Trinajstić information content (AvgIpc) is 2.91. The molecule has 1 aliphatic carbocycles. The quantitative estimate of drug-likeness (QED) is 0.657. The molecule has 3 rings (SSSR count). The van der Waals surface area contributed by atoms with Crippen molar-refractivity contribution < 1.29 is 9.94 Å². The van der Waals surface area contributed by atoms with E-state index >= 15 is 0 Å². The largest absolute Gasteiger partial charge is 0.489 e. The SMILES string of the molecule is O/N=C1/CCc2cc(OCc3cccc(Cl)c3Cl)ccc21. The van der Waals surface area contributed by atoms with Gasteiger partial charge in [0.15, 0.2) is 0 Å². The van der Waals surface area contributed by atoms with E-state index in [1.807, 2.05) is 30.3 Å². The van der Waals surface area contributed by atoms with Crippen LogP contribution in [0.1, 0.15) is 23.1 Å². The number of fused-ring (bicyclic) bond motifs is 1. The molecule has 0 saturated carbocycles. The van der Waals surface area contributed by atoms with Gasteiger partial charge in [0.2, 0.25) is 0 Å². The van der Waals surface area contributed by atoms with Gasteiger partial charge in [-0.2, -0.15) is 0 Å². The molecule has 0 saturated heterocycles. The van der Waals surface area contributed by atoms with Crippen molar-refractivity contribution in [2.75, 3.05) is 0 Å². The zero-order chi connectivity index (χ0) is 14.8. The standard InChI is InChI=1S/C16H13Cl2NO2/c17-14-3-1-2-11(16(14)18)9-21-12-5-6-13-10(8-12)4-7-15(13)19-20/h1-3,5-6,8,20H,4,7,9H2/b19-15-. The van der Waals surface area contributed by atoms with Crippen LogP contribution in [0.2, 0.25) is 10.0 Å². The summed E-state index contributed by atoms with van der Waals surface area (Å²) in [5, 5.41) is 13.3. The van der Waals surface area contributed by atoms with E-state index in [0.29, 0.717) is 16.7 Å². The first kappa shape index (κ1) is 14.2. The van der Waals surface area contributed by atoms with Gasteiger partial charge in [0.25, 0.3) is 0 Å². The minimum atomic E-state index is 0.360. The summed E-state index contributed by atoms with van der Waals surface area (Å²) in [7, 11) is 0. The Kier molecular flexibility index (Phi) is 4.04. The molecule has 0 heterocycles. The molecule has 0 aliphatic heterocycles. The second kappa shape index (κ2) is 5.96. The van der Waals surface area contributed by atoms with Crippen LogP contribution >= 0.6 is 23.2 Å². The Hall–Kier alpha value is -1.71. The average molecular weight is 322 g/mol. The van der Waals surface area contributed by atoms with E-state index in [9.17, 15) is 0 Å². The van der Waals surface area contributed by atoms with Gasteiger partial charge in [-0.25, -0.2) is 0 Å². The van der Waals surface area contributed by atoms with Crippen molar-refractivity contribution in [1.29, 1.82) is 0 Å². The van der Waals surface area contributed by atoms with Crippen molar-refractivity contribution in [3.8, 4) is 5.75 Å². The van der Waals surface area contributed by atoms with Gasteiger partial charge in [-0.15, -0.1) is 0 Å². The van der Waals surface area contributed by atoms with E-state index in [4.69, 9.17) is 33.1 Å². The number of ether oxygens (including phenoxy) is 1. The van der Waals surface area contributed by atoms with Crippen molar-refractivity contribution >= 4 is 28.9 Å². The number of hydrogen-bond acceptors (Lipinski definition) is 3. The third-order valence-corrected chi connectivity index (χ3v) is 4.42. The molecule has 2 aromatic rings. The van der Waals surface area contributed by atoms with Crippen molar-refractivity contribution in [2.45, 2.75) is 19.4 Å². The molecular formula is C16H13Cl2NO2. The maximum atomic E-state index is 8.92. The summed E-state index contributed by atoms with van der Waals surface area (Å²) in [4.78, 5) is 0.